The van der Waals surface area contributed by atoms with Crippen LogP contribution in [0.1, 0.15) is 38.3 Å². The lowest BCUT2D eigenvalue weighted by atomic mass is 9.93. The summed E-state index contributed by atoms with van der Waals surface area (Å²) in [5, 5.41) is 9.22. The van der Waals surface area contributed by atoms with E-state index in [0.29, 0.717) is 6.61 Å². The van der Waals surface area contributed by atoms with Crippen LogP contribution in [-0.4, -0.2) is 11.7 Å². The van der Waals surface area contributed by atoms with E-state index < -0.39 is 0 Å². The van der Waals surface area contributed by atoms with Crippen molar-refractivity contribution >= 4 is 0 Å². The molecule has 2 nitrogen and oxygen atoms in total. The molecule has 1 N–H and O–H groups in total. The van der Waals surface area contributed by atoms with Crippen LogP contribution in [0.25, 0.3) is 0 Å². The maximum atomic E-state index is 9.22. The van der Waals surface area contributed by atoms with Gasteiger partial charge in [-0.25, -0.2) is 0 Å². The van der Waals surface area contributed by atoms with Crippen molar-refractivity contribution in [3.05, 3.63) is 29.3 Å². The molecule has 0 radical (unpaired) electrons. The third kappa shape index (κ3) is 4.23. The van der Waals surface area contributed by atoms with E-state index >= 15 is 0 Å². The monoisotopic (exact) mass is 222 g/mol. The molecule has 1 aromatic carbocycles. The van der Waals surface area contributed by atoms with Crippen LogP contribution in [0.15, 0.2) is 18.2 Å². The maximum absolute atomic E-state index is 9.22. The predicted octanol–water partition coefficient (Wildman–Crippen LogP) is 3.30. The highest BCUT2D eigenvalue weighted by atomic mass is 16.5. The van der Waals surface area contributed by atoms with Crippen LogP contribution in [0.3, 0.4) is 0 Å². The third-order valence-corrected chi connectivity index (χ3v) is 2.50. The zero-order chi connectivity index (χ0) is 12.2. The van der Waals surface area contributed by atoms with Crippen LogP contribution in [0.5, 0.6) is 5.75 Å². The first-order chi connectivity index (χ1) is 7.42. The summed E-state index contributed by atoms with van der Waals surface area (Å²) >= 11 is 0. The average Bonchev–Trinajstić information content (AvgIpc) is 2.18. The van der Waals surface area contributed by atoms with E-state index in [1.807, 2.05) is 25.1 Å². The Morgan fingerprint density at radius 2 is 1.94 bits per heavy atom. The lowest BCUT2D eigenvalue weighted by Gasteiger charge is -2.19. The number of hydrogen-bond acceptors (Lipinski definition) is 2. The molecule has 0 aromatic heterocycles. The summed E-state index contributed by atoms with van der Waals surface area (Å²) in [7, 11) is 0. The zero-order valence-corrected chi connectivity index (χ0v) is 10.7. The Labute approximate surface area is 98.3 Å². The molecule has 0 unspecified atom stereocenters. The van der Waals surface area contributed by atoms with Gasteiger partial charge in [-0.2, -0.15) is 0 Å². The van der Waals surface area contributed by atoms with Crippen molar-refractivity contribution in [2.24, 2.45) is 5.41 Å². The number of aliphatic hydroxyl groups excluding tert-OH is 1. The van der Waals surface area contributed by atoms with Gasteiger partial charge in [0.15, 0.2) is 0 Å². The molecule has 0 fully saturated rings. The van der Waals surface area contributed by atoms with E-state index in [0.717, 1.165) is 23.3 Å². The summed E-state index contributed by atoms with van der Waals surface area (Å²) in [5.74, 6) is 0.803. The van der Waals surface area contributed by atoms with Gasteiger partial charge in [-0.05, 0) is 24.8 Å². The minimum Gasteiger partial charge on any atom is -0.493 e. The molecule has 90 valence electrons. The third-order valence-electron chi connectivity index (χ3n) is 2.50. The Hall–Kier alpha value is -1.02. The van der Waals surface area contributed by atoms with Crippen LogP contribution >= 0.6 is 0 Å². The molecule has 0 bridgehead atoms. The first-order valence-corrected chi connectivity index (χ1v) is 5.75. The molecule has 0 saturated heterocycles. The van der Waals surface area contributed by atoms with E-state index in [-0.39, 0.29) is 12.0 Å². The van der Waals surface area contributed by atoms with Gasteiger partial charge in [-0.15, -0.1) is 0 Å². The molecule has 0 aliphatic carbocycles. The van der Waals surface area contributed by atoms with Crippen molar-refractivity contribution in [3.8, 4) is 5.75 Å². The summed E-state index contributed by atoms with van der Waals surface area (Å²) < 4.78 is 5.70. The van der Waals surface area contributed by atoms with Gasteiger partial charge in [0, 0.05) is 5.56 Å². The highest BCUT2D eigenvalue weighted by Crippen LogP contribution is 2.23. The smallest absolute Gasteiger partial charge is 0.124 e. The number of rotatable bonds is 4. The maximum Gasteiger partial charge on any atom is 0.124 e. The SMILES string of the molecule is Cc1ccc(OCCC(C)(C)C)c(CO)c1. The zero-order valence-electron chi connectivity index (χ0n) is 10.7. The number of ether oxygens (including phenoxy) is 1. The van der Waals surface area contributed by atoms with E-state index in [1.54, 1.807) is 0 Å². The number of benzene rings is 1. The van der Waals surface area contributed by atoms with E-state index in [1.165, 1.54) is 0 Å². The molecule has 1 rings (SSSR count). The Bertz CT molecular complexity index is 337. The summed E-state index contributed by atoms with van der Waals surface area (Å²) in [4.78, 5) is 0. The van der Waals surface area contributed by atoms with Gasteiger partial charge < -0.3 is 9.84 Å². The number of aliphatic hydroxyl groups is 1. The van der Waals surface area contributed by atoms with Gasteiger partial charge in [0.2, 0.25) is 0 Å². The van der Waals surface area contributed by atoms with Gasteiger partial charge in [-0.1, -0.05) is 38.5 Å². The van der Waals surface area contributed by atoms with Crippen LogP contribution < -0.4 is 4.74 Å². The normalized spacial score (nSPS) is 11.6. The van der Waals surface area contributed by atoms with Gasteiger partial charge in [-0.3, -0.25) is 0 Å². The van der Waals surface area contributed by atoms with Gasteiger partial charge in [0.1, 0.15) is 5.75 Å². The molecule has 0 spiro atoms. The van der Waals surface area contributed by atoms with Crippen LogP contribution in [0, 0.1) is 12.3 Å². The molecule has 0 atom stereocenters. The van der Waals surface area contributed by atoms with Gasteiger partial charge in [0.25, 0.3) is 0 Å². The van der Waals surface area contributed by atoms with Crippen molar-refractivity contribution in [1.29, 1.82) is 0 Å². The molecular formula is C14H22O2. The van der Waals surface area contributed by atoms with Crippen LogP contribution in [0.2, 0.25) is 0 Å². The fourth-order valence-electron chi connectivity index (χ4n) is 1.44. The molecule has 2 heteroatoms. The molecule has 1 aromatic rings. The second kappa shape index (κ2) is 5.35. The van der Waals surface area contributed by atoms with E-state index in [9.17, 15) is 5.11 Å². The molecule has 0 aliphatic heterocycles. The Kier molecular flexibility index (Phi) is 4.36. The second-order valence-corrected chi connectivity index (χ2v) is 5.43. The van der Waals surface area contributed by atoms with Crippen molar-refractivity contribution in [1.82, 2.24) is 0 Å². The predicted molar refractivity (Wildman–Crippen MR) is 66.7 cm³/mol. The summed E-state index contributed by atoms with van der Waals surface area (Å²) in [6.07, 6.45) is 1.01. The van der Waals surface area contributed by atoms with Crippen LogP contribution in [-0.2, 0) is 6.61 Å². The highest BCUT2D eigenvalue weighted by molar-refractivity contribution is 5.36. The van der Waals surface area contributed by atoms with Crippen molar-refractivity contribution in [3.63, 3.8) is 0 Å². The van der Waals surface area contributed by atoms with Crippen molar-refractivity contribution < 1.29 is 9.84 Å². The van der Waals surface area contributed by atoms with Crippen molar-refractivity contribution in [2.45, 2.75) is 40.7 Å². The summed E-state index contributed by atoms with van der Waals surface area (Å²) in [6.45, 7) is 9.32. The fourth-order valence-corrected chi connectivity index (χ4v) is 1.44. The summed E-state index contributed by atoms with van der Waals surface area (Å²) in [6, 6.07) is 5.90. The van der Waals surface area contributed by atoms with E-state index in [4.69, 9.17) is 4.74 Å². The molecule has 0 heterocycles. The first-order valence-electron chi connectivity index (χ1n) is 5.75. The molecule has 0 saturated carbocycles. The van der Waals surface area contributed by atoms with Crippen molar-refractivity contribution in [2.75, 3.05) is 6.61 Å². The Morgan fingerprint density at radius 3 is 2.50 bits per heavy atom. The number of hydrogen-bond donors (Lipinski definition) is 1. The second-order valence-electron chi connectivity index (χ2n) is 5.43. The topological polar surface area (TPSA) is 29.5 Å². The molecule has 0 amide bonds. The quantitative estimate of drug-likeness (QED) is 0.847. The largest absolute Gasteiger partial charge is 0.493 e. The lowest BCUT2D eigenvalue weighted by Crippen LogP contribution is -2.11. The van der Waals surface area contributed by atoms with E-state index in [2.05, 4.69) is 20.8 Å². The summed E-state index contributed by atoms with van der Waals surface area (Å²) in [5.41, 5.74) is 2.30. The number of aryl methyl sites for hydroxylation is 1. The minimum absolute atomic E-state index is 0.0343. The first kappa shape index (κ1) is 13.0. The van der Waals surface area contributed by atoms with Gasteiger partial charge >= 0.3 is 0 Å². The van der Waals surface area contributed by atoms with Crippen LogP contribution in [0.4, 0.5) is 0 Å². The Balaban J connectivity index is 2.60. The standard InChI is InChI=1S/C14H22O2/c1-11-5-6-13(12(9-11)10-15)16-8-7-14(2,3)4/h5-6,9,15H,7-8,10H2,1-4H3. The molecule has 0 aliphatic rings. The average molecular weight is 222 g/mol. The highest BCUT2D eigenvalue weighted by Gasteiger charge is 2.10. The molecular weight excluding hydrogens is 200 g/mol. The Morgan fingerprint density at radius 1 is 1.25 bits per heavy atom. The lowest BCUT2D eigenvalue weighted by molar-refractivity contribution is 0.230. The van der Waals surface area contributed by atoms with Gasteiger partial charge in [0.05, 0.1) is 13.2 Å². The fraction of sp³-hybridized carbons (Fsp3) is 0.571. The molecule has 16 heavy (non-hydrogen) atoms. The minimum atomic E-state index is 0.0343.